The van der Waals surface area contributed by atoms with E-state index < -0.39 is 9.84 Å². The monoisotopic (exact) mass is 257 g/mol. The zero-order chi connectivity index (χ0) is 12.5. The molecule has 1 aromatic heterocycles. The van der Waals surface area contributed by atoms with E-state index in [0.29, 0.717) is 5.75 Å². The summed E-state index contributed by atoms with van der Waals surface area (Å²) < 4.78 is 25.3. The number of aryl methyl sites for hydroxylation is 1. The molecule has 5 nitrogen and oxygen atoms in total. The van der Waals surface area contributed by atoms with Crippen molar-refractivity contribution in [1.29, 1.82) is 0 Å². The van der Waals surface area contributed by atoms with E-state index in [4.69, 9.17) is 0 Å². The van der Waals surface area contributed by atoms with Crippen LogP contribution >= 0.6 is 0 Å². The molecule has 1 aliphatic heterocycles. The molecule has 0 amide bonds. The Hall–Kier alpha value is -1.04. The number of nitrogens with one attached hydrogen (secondary N) is 1. The topological polar surface area (TPSA) is 64.0 Å². The van der Waals surface area contributed by atoms with Gasteiger partial charge in [0, 0.05) is 12.7 Å². The molecule has 1 fully saturated rings. The first-order valence-corrected chi connectivity index (χ1v) is 7.84. The SMILES string of the molecule is CCNc1nc(C)cn1C1CCCS(=O)(=O)C1. The van der Waals surface area contributed by atoms with Crippen molar-refractivity contribution in [2.45, 2.75) is 32.7 Å². The van der Waals surface area contributed by atoms with Gasteiger partial charge in [0.1, 0.15) is 0 Å². The van der Waals surface area contributed by atoms with Gasteiger partial charge < -0.3 is 9.88 Å². The first kappa shape index (κ1) is 12.4. The highest BCUT2D eigenvalue weighted by Gasteiger charge is 2.27. The second-order valence-electron chi connectivity index (χ2n) is 4.55. The molecule has 2 heterocycles. The smallest absolute Gasteiger partial charge is 0.203 e. The Morgan fingerprint density at radius 3 is 3.00 bits per heavy atom. The average molecular weight is 257 g/mol. The van der Waals surface area contributed by atoms with Gasteiger partial charge >= 0.3 is 0 Å². The Labute approximate surface area is 102 Å². The predicted molar refractivity (Wildman–Crippen MR) is 68.1 cm³/mol. The summed E-state index contributed by atoms with van der Waals surface area (Å²) >= 11 is 0. The molecular formula is C11H19N3O2S. The van der Waals surface area contributed by atoms with Gasteiger partial charge in [0.2, 0.25) is 5.95 Å². The van der Waals surface area contributed by atoms with Gasteiger partial charge in [-0.3, -0.25) is 0 Å². The first-order valence-electron chi connectivity index (χ1n) is 6.01. The molecule has 17 heavy (non-hydrogen) atoms. The van der Waals surface area contributed by atoms with Crippen LogP contribution in [0.15, 0.2) is 6.20 Å². The van der Waals surface area contributed by atoms with Crippen LogP contribution in [-0.4, -0.2) is 36.0 Å². The lowest BCUT2D eigenvalue weighted by Gasteiger charge is -2.24. The molecule has 0 aromatic carbocycles. The van der Waals surface area contributed by atoms with Crippen LogP contribution in [0.5, 0.6) is 0 Å². The molecule has 1 aliphatic rings. The lowest BCUT2D eigenvalue weighted by molar-refractivity contribution is 0.473. The van der Waals surface area contributed by atoms with Gasteiger partial charge in [-0.2, -0.15) is 0 Å². The Morgan fingerprint density at radius 2 is 2.35 bits per heavy atom. The van der Waals surface area contributed by atoms with E-state index in [9.17, 15) is 8.42 Å². The van der Waals surface area contributed by atoms with E-state index in [0.717, 1.165) is 31.0 Å². The Kier molecular flexibility index (Phi) is 3.42. The van der Waals surface area contributed by atoms with E-state index in [2.05, 4.69) is 10.3 Å². The van der Waals surface area contributed by atoms with Crippen molar-refractivity contribution in [2.75, 3.05) is 23.4 Å². The van der Waals surface area contributed by atoms with Crippen molar-refractivity contribution in [1.82, 2.24) is 9.55 Å². The molecule has 1 saturated heterocycles. The Bertz CT molecular complexity index is 493. The highest BCUT2D eigenvalue weighted by molar-refractivity contribution is 7.91. The fourth-order valence-electron chi connectivity index (χ4n) is 2.30. The molecule has 1 aromatic rings. The standard InChI is InChI=1S/C11H19N3O2S/c1-3-12-11-13-9(2)7-14(11)10-5-4-6-17(15,16)8-10/h7,10H,3-6,8H2,1-2H3,(H,12,13). The molecule has 0 spiro atoms. The highest BCUT2D eigenvalue weighted by atomic mass is 32.2. The van der Waals surface area contributed by atoms with E-state index in [1.165, 1.54) is 0 Å². The van der Waals surface area contributed by atoms with Gasteiger partial charge in [-0.1, -0.05) is 0 Å². The van der Waals surface area contributed by atoms with Crippen LogP contribution in [0.3, 0.4) is 0 Å². The van der Waals surface area contributed by atoms with Crippen molar-refractivity contribution in [3.8, 4) is 0 Å². The van der Waals surface area contributed by atoms with Crippen LogP contribution < -0.4 is 5.32 Å². The van der Waals surface area contributed by atoms with Crippen molar-refractivity contribution in [3.05, 3.63) is 11.9 Å². The number of aromatic nitrogens is 2. The quantitative estimate of drug-likeness (QED) is 0.888. The molecule has 1 unspecified atom stereocenters. The molecule has 96 valence electrons. The lowest BCUT2D eigenvalue weighted by Crippen LogP contribution is -2.28. The molecule has 0 radical (unpaired) electrons. The number of imidazole rings is 1. The third-order valence-electron chi connectivity index (χ3n) is 3.02. The summed E-state index contributed by atoms with van der Waals surface area (Å²) in [5.41, 5.74) is 0.920. The van der Waals surface area contributed by atoms with Gasteiger partial charge in [-0.25, -0.2) is 13.4 Å². The van der Waals surface area contributed by atoms with Crippen molar-refractivity contribution >= 4 is 15.8 Å². The summed E-state index contributed by atoms with van der Waals surface area (Å²) in [7, 11) is -2.88. The molecule has 6 heteroatoms. The largest absolute Gasteiger partial charge is 0.356 e. The molecule has 0 aliphatic carbocycles. The van der Waals surface area contributed by atoms with E-state index in [1.54, 1.807) is 0 Å². The minimum Gasteiger partial charge on any atom is -0.356 e. The summed E-state index contributed by atoms with van der Waals surface area (Å²) in [6.07, 6.45) is 3.59. The molecule has 0 bridgehead atoms. The summed E-state index contributed by atoms with van der Waals surface area (Å²) in [6, 6.07) is 0.0315. The van der Waals surface area contributed by atoms with Crippen molar-refractivity contribution in [2.24, 2.45) is 0 Å². The maximum absolute atomic E-state index is 11.7. The molecule has 1 N–H and O–H groups in total. The summed E-state index contributed by atoms with van der Waals surface area (Å²) in [5, 5.41) is 3.18. The number of sulfone groups is 1. The van der Waals surface area contributed by atoms with E-state index >= 15 is 0 Å². The minimum absolute atomic E-state index is 0.0315. The number of hydrogen-bond acceptors (Lipinski definition) is 4. The first-order chi connectivity index (χ1) is 8.02. The summed E-state index contributed by atoms with van der Waals surface area (Å²) in [6.45, 7) is 4.72. The molecular weight excluding hydrogens is 238 g/mol. The van der Waals surface area contributed by atoms with Crippen LogP contribution in [0.1, 0.15) is 31.5 Å². The Balaban J connectivity index is 2.26. The van der Waals surface area contributed by atoms with Crippen LogP contribution in [0.4, 0.5) is 5.95 Å². The Morgan fingerprint density at radius 1 is 1.59 bits per heavy atom. The zero-order valence-corrected chi connectivity index (χ0v) is 11.1. The second kappa shape index (κ2) is 4.68. The minimum atomic E-state index is -2.88. The third kappa shape index (κ3) is 2.80. The maximum atomic E-state index is 11.7. The predicted octanol–water partition coefficient (Wildman–Crippen LogP) is 1.37. The van der Waals surface area contributed by atoms with E-state index in [-0.39, 0.29) is 11.8 Å². The molecule has 0 saturated carbocycles. The zero-order valence-electron chi connectivity index (χ0n) is 10.3. The number of rotatable bonds is 3. The van der Waals surface area contributed by atoms with Gasteiger partial charge in [0.05, 0.1) is 23.2 Å². The number of anilines is 1. The lowest BCUT2D eigenvalue weighted by atomic mass is 10.2. The second-order valence-corrected chi connectivity index (χ2v) is 6.78. The normalized spacial score (nSPS) is 23.5. The van der Waals surface area contributed by atoms with E-state index in [1.807, 2.05) is 24.6 Å². The van der Waals surface area contributed by atoms with Gasteiger partial charge in [0.25, 0.3) is 0 Å². The molecule has 2 rings (SSSR count). The highest BCUT2D eigenvalue weighted by Crippen LogP contribution is 2.26. The van der Waals surface area contributed by atoms with Gasteiger partial charge in [-0.15, -0.1) is 0 Å². The number of nitrogens with zero attached hydrogens (tertiary/aromatic N) is 2. The average Bonchev–Trinajstić information content (AvgIpc) is 2.59. The van der Waals surface area contributed by atoms with Crippen molar-refractivity contribution < 1.29 is 8.42 Å². The fourth-order valence-corrected chi connectivity index (χ4v) is 3.99. The van der Waals surface area contributed by atoms with Gasteiger partial charge in [-0.05, 0) is 26.7 Å². The van der Waals surface area contributed by atoms with Crippen LogP contribution in [0, 0.1) is 6.92 Å². The number of hydrogen-bond donors (Lipinski definition) is 1. The van der Waals surface area contributed by atoms with Crippen LogP contribution in [0.2, 0.25) is 0 Å². The fraction of sp³-hybridized carbons (Fsp3) is 0.727. The van der Waals surface area contributed by atoms with Crippen LogP contribution in [0.25, 0.3) is 0 Å². The summed E-state index contributed by atoms with van der Waals surface area (Å²) in [4.78, 5) is 4.38. The van der Waals surface area contributed by atoms with Crippen LogP contribution in [-0.2, 0) is 9.84 Å². The maximum Gasteiger partial charge on any atom is 0.203 e. The van der Waals surface area contributed by atoms with Gasteiger partial charge in [0.15, 0.2) is 9.84 Å². The molecule has 1 atom stereocenters. The third-order valence-corrected chi connectivity index (χ3v) is 4.82. The summed E-state index contributed by atoms with van der Waals surface area (Å²) in [5.74, 6) is 1.35. The van der Waals surface area contributed by atoms with Crippen molar-refractivity contribution in [3.63, 3.8) is 0 Å².